The molecule has 0 saturated heterocycles. The monoisotopic (exact) mass is 321 g/mol. The summed E-state index contributed by atoms with van der Waals surface area (Å²) in [5, 5.41) is 19.3. The molecule has 0 fully saturated rings. The Hall–Kier alpha value is -2.96. The van der Waals surface area contributed by atoms with E-state index < -0.39 is 4.92 Å². The number of phenolic OH excluding ortho intramolecular Hbond substituents is 1. The topological polar surface area (TPSA) is 125 Å². The van der Waals surface area contributed by atoms with Gasteiger partial charge in [-0.1, -0.05) is 13.8 Å². The molecule has 0 bridgehead atoms. The molecule has 0 unspecified atom stereocenters. The van der Waals surface area contributed by atoms with Crippen molar-refractivity contribution in [3.8, 4) is 11.5 Å². The van der Waals surface area contributed by atoms with Crippen molar-refractivity contribution >= 4 is 17.1 Å². The van der Waals surface area contributed by atoms with Gasteiger partial charge >= 0.3 is 0 Å². The molecule has 0 aliphatic rings. The lowest BCUT2D eigenvalue weighted by molar-refractivity contribution is -0.384. The third-order valence-electron chi connectivity index (χ3n) is 2.65. The van der Waals surface area contributed by atoms with Gasteiger partial charge in [0.15, 0.2) is 0 Å². The Kier molecular flexibility index (Phi) is 8.61. The quantitative estimate of drug-likeness (QED) is 0.441. The third kappa shape index (κ3) is 6.56. The number of aryl methyl sites for hydroxylation is 1. The van der Waals surface area contributed by atoms with Crippen LogP contribution in [-0.2, 0) is 0 Å². The number of aromatic hydroxyl groups is 1. The zero-order valence-electron chi connectivity index (χ0n) is 13.7. The molecular weight excluding hydrogens is 298 g/mol. The Morgan fingerprint density at radius 2 is 1.65 bits per heavy atom. The Labute approximate surface area is 135 Å². The molecular formula is C16H23N3O4. The van der Waals surface area contributed by atoms with E-state index in [-0.39, 0.29) is 11.4 Å². The summed E-state index contributed by atoms with van der Waals surface area (Å²) >= 11 is 0. The SMILES string of the molecule is CC.COc1cc(C)c(O)cc1N.Nc1ccc([N+](=O)[O-])cc1. The Balaban J connectivity index is 0.000000381. The normalized spacial score (nSPS) is 8.87. The molecule has 2 rings (SSSR count). The van der Waals surface area contributed by atoms with E-state index >= 15 is 0 Å². The van der Waals surface area contributed by atoms with E-state index in [0.717, 1.165) is 5.56 Å². The number of nitrogen functional groups attached to an aromatic ring is 2. The van der Waals surface area contributed by atoms with Crippen LogP contribution in [0, 0.1) is 17.0 Å². The summed E-state index contributed by atoms with van der Waals surface area (Å²) < 4.78 is 4.94. The minimum atomic E-state index is -0.459. The Bertz CT molecular complexity index is 628. The van der Waals surface area contributed by atoms with Crippen LogP contribution in [0.25, 0.3) is 0 Å². The molecule has 7 nitrogen and oxygen atoms in total. The molecule has 0 aliphatic heterocycles. The molecule has 0 aromatic heterocycles. The highest BCUT2D eigenvalue weighted by molar-refractivity contribution is 5.58. The number of benzene rings is 2. The molecule has 2 aromatic rings. The van der Waals surface area contributed by atoms with Gasteiger partial charge in [-0.25, -0.2) is 0 Å². The number of non-ortho nitro benzene ring substituents is 1. The van der Waals surface area contributed by atoms with Crippen LogP contribution in [0.4, 0.5) is 17.1 Å². The molecule has 0 aliphatic carbocycles. The lowest BCUT2D eigenvalue weighted by Gasteiger charge is -2.06. The van der Waals surface area contributed by atoms with Gasteiger partial charge in [0.25, 0.3) is 5.69 Å². The number of hydrogen-bond acceptors (Lipinski definition) is 6. The smallest absolute Gasteiger partial charge is 0.269 e. The van der Waals surface area contributed by atoms with Crippen LogP contribution in [-0.4, -0.2) is 17.1 Å². The zero-order valence-corrected chi connectivity index (χ0v) is 13.7. The Morgan fingerprint density at radius 3 is 2.09 bits per heavy atom. The number of phenols is 1. The molecule has 0 amide bonds. The van der Waals surface area contributed by atoms with Crippen molar-refractivity contribution < 1.29 is 14.8 Å². The first-order chi connectivity index (χ1) is 10.8. The zero-order chi connectivity index (χ0) is 18.0. The summed E-state index contributed by atoms with van der Waals surface area (Å²) in [7, 11) is 1.54. The molecule has 0 atom stereocenters. The van der Waals surface area contributed by atoms with Gasteiger partial charge in [0, 0.05) is 23.9 Å². The van der Waals surface area contributed by atoms with Crippen LogP contribution in [0.2, 0.25) is 0 Å². The molecule has 5 N–H and O–H groups in total. The van der Waals surface area contributed by atoms with Crippen molar-refractivity contribution in [1.29, 1.82) is 0 Å². The van der Waals surface area contributed by atoms with E-state index in [1.807, 2.05) is 13.8 Å². The average Bonchev–Trinajstić information content (AvgIpc) is 2.54. The number of hydrogen-bond donors (Lipinski definition) is 3. The number of nitro benzene ring substituents is 1. The third-order valence-corrected chi connectivity index (χ3v) is 2.65. The lowest BCUT2D eigenvalue weighted by Crippen LogP contribution is -1.92. The molecule has 7 heteroatoms. The first-order valence-electron chi connectivity index (χ1n) is 6.98. The molecule has 2 aromatic carbocycles. The molecule has 0 saturated carbocycles. The predicted octanol–water partition coefficient (Wildman–Crippen LogP) is 3.49. The van der Waals surface area contributed by atoms with Crippen LogP contribution in [0.15, 0.2) is 36.4 Å². The highest BCUT2D eigenvalue weighted by Crippen LogP contribution is 2.28. The van der Waals surface area contributed by atoms with Crippen LogP contribution >= 0.6 is 0 Å². The fourth-order valence-electron chi connectivity index (χ4n) is 1.46. The second-order valence-electron chi connectivity index (χ2n) is 4.23. The molecule has 0 heterocycles. The number of nitrogens with two attached hydrogens (primary N) is 2. The second-order valence-corrected chi connectivity index (χ2v) is 4.23. The van der Waals surface area contributed by atoms with E-state index in [1.165, 1.54) is 30.3 Å². The van der Waals surface area contributed by atoms with E-state index in [1.54, 1.807) is 20.1 Å². The molecule has 126 valence electrons. The summed E-state index contributed by atoms with van der Waals surface area (Å²) in [6, 6.07) is 8.92. The number of anilines is 2. The summed E-state index contributed by atoms with van der Waals surface area (Å²) in [6.45, 7) is 5.79. The maximum atomic E-state index is 10.1. The van der Waals surface area contributed by atoms with Crippen molar-refractivity contribution in [2.24, 2.45) is 0 Å². The van der Waals surface area contributed by atoms with Gasteiger partial charge in [-0.2, -0.15) is 0 Å². The van der Waals surface area contributed by atoms with Crippen LogP contribution in [0.1, 0.15) is 19.4 Å². The summed E-state index contributed by atoms with van der Waals surface area (Å²) in [5.74, 6) is 0.795. The number of nitro groups is 1. The van der Waals surface area contributed by atoms with E-state index in [4.69, 9.17) is 16.2 Å². The van der Waals surface area contributed by atoms with Gasteiger partial charge in [0.1, 0.15) is 11.5 Å². The van der Waals surface area contributed by atoms with Crippen molar-refractivity contribution in [1.82, 2.24) is 0 Å². The molecule has 0 spiro atoms. The summed E-state index contributed by atoms with van der Waals surface area (Å²) in [4.78, 5) is 9.62. The van der Waals surface area contributed by atoms with Gasteiger partial charge in [-0.3, -0.25) is 10.1 Å². The maximum Gasteiger partial charge on any atom is 0.269 e. The van der Waals surface area contributed by atoms with Crippen molar-refractivity contribution in [2.75, 3.05) is 18.6 Å². The maximum absolute atomic E-state index is 10.1. The van der Waals surface area contributed by atoms with E-state index in [2.05, 4.69) is 0 Å². The fraction of sp³-hybridized carbons (Fsp3) is 0.250. The Morgan fingerprint density at radius 1 is 1.13 bits per heavy atom. The second kappa shape index (κ2) is 9.88. The van der Waals surface area contributed by atoms with Crippen molar-refractivity contribution in [2.45, 2.75) is 20.8 Å². The number of rotatable bonds is 2. The van der Waals surface area contributed by atoms with Gasteiger partial charge in [0.2, 0.25) is 0 Å². The lowest BCUT2D eigenvalue weighted by atomic mass is 10.2. The van der Waals surface area contributed by atoms with E-state index in [0.29, 0.717) is 17.1 Å². The largest absolute Gasteiger partial charge is 0.508 e. The number of nitrogens with zero attached hydrogens (tertiary/aromatic N) is 1. The molecule has 0 radical (unpaired) electrons. The predicted molar refractivity (Wildman–Crippen MR) is 92.7 cm³/mol. The average molecular weight is 321 g/mol. The highest BCUT2D eigenvalue weighted by Gasteiger charge is 2.02. The van der Waals surface area contributed by atoms with Gasteiger partial charge in [-0.15, -0.1) is 0 Å². The number of ether oxygens (including phenoxy) is 1. The van der Waals surface area contributed by atoms with Crippen molar-refractivity contribution in [3.63, 3.8) is 0 Å². The standard InChI is InChI=1S/C8H11NO2.C6H6N2O2.C2H6/c1-5-3-8(11-2)6(9)4-7(5)10;7-5-1-3-6(4-2-5)8(9)10;1-2/h3-4,10H,9H2,1-2H3;1-4H,7H2;1-2H3. The minimum absolute atomic E-state index is 0.0641. The summed E-state index contributed by atoms with van der Waals surface area (Å²) in [5.41, 5.74) is 12.6. The van der Waals surface area contributed by atoms with Crippen LogP contribution < -0.4 is 16.2 Å². The van der Waals surface area contributed by atoms with Gasteiger partial charge in [-0.05, 0) is 30.7 Å². The molecule has 23 heavy (non-hydrogen) atoms. The van der Waals surface area contributed by atoms with Gasteiger partial charge in [0.05, 0.1) is 17.7 Å². The minimum Gasteiger partial charge on any atom is -0.508 e. The van der Waals surface area contributed by atoms with Crippen molar-refractivity contribution in [3.05, 3.63) is 52.1 Å². The first-order valence-corrected chi connectivity index (χ1v) is 6.98. The van der Waals surface area contributed by atoms with Crippen LogP contribution in [0.5, 0.6) is 11.5 Å². The number of methoxy groups -OCH3 is 1. The fourth-order valence-corrected chi connectivity index (χ4v) is 1.46. The highest BCUT2D eigenvalue weighted by atomic mass is 16.6. The first kappa shape index (κ1) is 20.0. The van der Waals surface area contributed by atoms with Gasteiger partial charge < -0.3 is 21.3 Å². The summed E-state index contributed by atoms with van der Waals surface area (Å²) in [6.07, 6.45) is 0. The van der Waals surface area contributed by atoms with Crippen LogP contribution in [0.3, 0.4) is 0 Å². The van der Waals surface area contributed by atoms with E-state index in [9.17, 15) is 15.2 Å².